The molecule has 180 valence electrons. The maximum atomic E-state index is 13.3. The Kier molecular flexibility index (Phi) is 6.25. The summed E-state index contributed by atoms with van der Waals surface area (Å²) in [5, 5.41) is 4.44. The molecule has 0 bridgehead atoms. The van der Waals surface area contributed by atoms with Crippen LogP contribution in [0.25, 0.3) is 33.3 Å². The zero-order chi connectivity index (χ0) is 25.2. The number of hydrogen-bond donors (Lipinski definition) is 1. The van der Waals surface area contributed by atoms with Crippen molar-refractivity contribution in [3.63, 3.8) is 0 Å². The summed E-state index contributed by atoms with van der Waals surface area (Å²) in [6.07, 6.45) is -0.214. The van der Waals surface area contributed by atoms with Gasteiger partial charge in [0.15, 0.2) is 11.7 Å². The van der Waals surface area contributed by atoms with Gasteiger partial charge in [-0.2, -0.15) is 0 Å². The highest BCUT2D eigenvalue weighted by Crippen LogP contribution is 2.33. The minimum Gasteiger partial charge on any atom is -0.449 e. The average Bonchev–Trinajstić information content (AvgIpc) is 3.33. The minimum absolute atomic E-state index is 0.343. The topological polar surface area (TPSA) is 81.4 Å². The lowest BCUT2D eigenvalue weighted by Crippen LogP contribution is -2.30. The van der Waals surface area contributed by atoms with E-state index in [4.69, 9.17) is 9.15 Å². The number of anilines is 1. The van der Waals surface area contributed by atoms with Crippen molar-refractivity contribution in [3.8, 4) is 11.5 Å². The normalized spacial score (nSPS) is 12.0. The van der Waals surface area contributed by atoms with E-state index in [1.54, 1.807) is 19.1 Å². The van der Waals surface area contributed by atoms with Crippen LogP contribution in [0.4, 0.5) is 5.69 Å². The summed E-state index contributed by atoms with van der Waals surface area (Å²) < 4.78 is 11.6. The summed E-state index contributed by atoms with van der Waals surface area (Å²) in [7, 11) is 0. The molecule has 0 aliphatic rings. The molecule has 0 radical (unpaired) electrons. The van der Waals surface area contributed by atoms with Crippen LogP contribution in [0.5, 0.6) is 0 Å². The summed E-state index contributed by atoms with van der Waals surface area (Å²) in [6.45, 7) is 5.54. The van der Waals surface area contributed by atoms with E-state index in [9.17, 15) is 9.59 Å². The van der Waals surface area contributed by atoms with Gasteiger partial charge in [0.2, 0.25) is 5.89 Å². The third-order valence-corrected chi connectivity index (χ3v) is 6.29. The number of aromatic nitrogens is 1. The van der Waals surface area contributed by atoms with Gasteiger partial charge in [-0.05, 0) is 61.0 Å². The van der Waals surface area contributed by atoms with Crippen LogP contribution < -0.4 is 5.32 Å². The number of para-hydroxylation sites is 3. The number of nitrogens with zero attached hydrogens (tertiary/aromatic N) is 1. The highest BCUT2D eigenvalue weighted by molar-refractivity contribution is 6.11. The van der Waals surface area contributed by atoms with Crippen LogP contribution in [-0.4, -0.2) is 23.0 Å². The summed E-state index contributed by atoms with van der Waals surface area (Å²) in [5.74, 6) is -0.557. The van der Waals surface area contributed by atoms with Crippen LogP contribution in [0.1, 0.15) is 35.3 Å². The number of ether oxygens (including phenoxy) is 1. The summed E-state index contributed by atoms with van der Waals surface area (Å²) >= 11 is 0. The van der Waals surface area contributed by atoms with Crippen LogP contribution >= 0.6 is 0 Å². The van der Waals surface area contributed by atoms with Gasteiger partial charge in [0, 0.05) is 16.6 Å². The predicted molar refractivity (Wildman–Crippen MR) is 141 cm³/mol. The third-order valence-electron chi connectivity index (χ3n) is 6.29. The molecule has 6 nitrogen and oxygen atoms in total. The maximum absolute atomic E-state index is 13.3. The second-order valence-corrected chi connectivity index (χ2v) is 8.70. The Morgan fingerprint density at radius 1 is 0.972 bits per heavy atom. The number of carbonyl (C=O) groups is 2. The molecule has 1 aromatic heterocycles. The Morgan fingerprint density at radius 2 is 1.72 bits per heavy atom. The molecule has 0 saturated carbocycles. The van der Waals surface area contributed by atoms with Gasteiger partial charge in [0.1, 0.15) is 5.52 Å². The molecule has 4 aromatic carbocycles. The number of benzene rings is 4. The lowest BCUT2D eigenvalue weighted by Gasteiger charge is -2.17. The fourth-order valence-electron chi connectivity index (χ4n) is 4.38. The van der Waals surface area contributed by atoms with E-state index < -0.39 is 12.1 Å². The van der Waals surface area contributed by atoms with Crippen molar-refractivity contribution in [2.45, 2.75) is 33.3 Å². The molecule has 0 saturated heterocycles. The van der Waals surface area contributed by atoms with Crippen molar-refractivity contribution in [1.82, 2.24) is 4.98 Å². The maximum Gasteiger partial charge on any atom is 0.339 e. The van der Waals surface area contributed by atoms with Gasteiger partial charge in [0.05, 0.1) is 5.56 Å². The highest BCUT2D eigenvalue weighted by atomic mass is 16.5. The molecule has 5 aromatic rings. The van der Waals surface area contributed by atoms with Crippen molar-refractivity contribution < 1.29 is 18.7 Å². The second-order valence-electron chi connectivity index (χ2n) is 8.70. The van der Waals surface area contributed by atoms with Gasteiger partial charge < -0.3 is 14.5 Å². The zero-order valence-corrected chi connectivity index (χ0v) is 20.4. The van der Waals surface area contributed by atoms with Crippen LogP contribution in [0.15, 0.2) is 83.3 Å². The van der Waals surface area contributed by atoms with Gasteiger partial charge in [-0.3, -0.25) is 4.79 Å². The number of esters is 1. The molecule has 1 amide bonds. The fraction of sp³-hybridized carbons (Fsp3) is 0.167. The number of hydrogen-bond acceptors (Lipinski definition) is 5. The Morgan fingerprint density at radius 3 is 2.50 bits per heavy atom. The van der Waals surface area contributed by atoms with Gasteiger partial charge in [0.25, 0.3) is 5.91 Å². The molecule has 1 unspecified atom stereocenters. The molecule has 0 aliphatic carbocycles. The number of nitrogens with one attached hydrogen (secondary N) is 1. The average molecular weight is 479 g/mol. The van der Waals surface area contributed by atoms with Gasteiger partial charge in [-0.1, -0.05) is 61.5 Å². The van der Waals surface area contributed by atoms with Crippen molar-refractivity contribution >= 4 is 39.4 Å². The summed E-state index contributed by atoms with van der Waals surface area (Å²) in [5.41, 5.74) is 5.17. The SMILES string of the molecule is CCc1cccc(C)c1NC(=O)C(C)OC(=O)c1cccc2cccc(-c3nc4ccccc4o3)c12. The smallest absolute Gasteiger partial charge is 0.339 e. The molecule has 6 heteroatoms. The molecule has 1 atom stereocenters. The Balaban J connectivity index is 1.45. The first-order chi connectivity index (χ1) is 17.5. The number of oxazole rings is 1. The number of rotatable bonds is 6. The largest absolute Gasteiger partial charge is 0.449 e. The molecular weight excluding hydrogens is 452 g/mol. The van der Waals surface area contributed by atoms with Gasteiger partial charge in [-0.25, -0.2) is 9.78 Å². The summed E-state index contributed by atoms with van der Waals surface area (Å²) in [6, 6.07) is 24.5. The molecule has 5 rings (SSSR count). The van der Waals surface area contributed by atoms with Crippen LogP contribution in [0, 0.1) is 6.92 Å². The van der Waals surface area contributed by atoms with Gasteiger partial charge >= 0.3 is 5.97 Å². The third kappa shape index (κ3) is 4.33. The van der Waals surface area contributed by atoms with E-state index in [0.29, 0.717) is 28.0 Å². The molecule has 0 fully saturated rings. The monoisotopic (exact) mass is 478 g/mol. The fourth-order valence-corrected chi connectivity index (χ4v) is 4.38. The molecule has 1 N–H and O–H groups in total. The van der Waals surface area contributed by atoms with Gasteiger partial charge in [-0.15, -0.1) is 0 Å². The predicted octanol–water partition coefficient (Wildman–Crippen LogP) is 6.70. The van der Waals surface area contributed by atoms with Crippen molar-refractivity contribution in [2.75, 3.05) is 5.32 Å². The lowest BCUT2D eigenvalue weighted by molar-refractivity contribution is -0.123. The zero-order valence-electron chi connectivity index (χ0n) is 20.4. The van der Waals surface area contributed by atoms with Crippen molar-refractivity contribution in [3.05, 3.63) is 95.6 Å². The minimum atomic E-state index is -0.992. The van der Waals surface area contributed by atoms with E-state index in [2.05, 4.69) is 10.3 Å². The van der Waals surface area contributed by atoms with Crippen LogP contribution in [-0.2, 0) is 16.0 Å². The first kappa shape index (κ1) is 23.3. The first-order valence-electron chi connectivity index (χ1n) is 11.9. The number of amides is 1. The molecular formula is C30H26N2O4. The van der Waals surface area contributed by atoms with E-state index >= 15 is 0 Å². The molecule has 0 aliphatic heterocycles. The van der Waals surface area contributed by atoms with E-state index in [0.717, 1.165) is 34.1 Å². The first-order valence-corrected chi connectivity index (χ1v) is 11.9. The number of fused-ring (bicyclic) bond motifs is 2. The Hall–Kier alpha value is -4.45. The Labute approximate surface area is 208 Å². The van der Waals surface area contributed by atoms with Crippen LogP contribution in [0.2, 0.25) is 0 Å². The van der Waals surface area contributed by atoms with Crippen molar-refractivity contribution in [1.29, 1.82) is 0 Å². The van der Waals surface area contributed by atoms with E-state index in [-0.39, 0.29) is 5.91 Å². The molecule has 0 spiro atoms. The Bertz CT molecular complexity index is 1560. The standard InChI is InChI=1S/C30H26N2O4/c1-4-20-11-7-10-18(2)27(20)32-28(33)19(3)35-30(34)23-15-9-13-21-12-8-14-22(26(21)23)29-31-24-16-5-6-17-25(24)36-29/h5-17,19H,4H2,1-3H3,(H,32,33). The molecule has 1 heterocycles. The quantitative estimate of drug-likeness (QED) is 0.275. The second kappa shape index (κ2) is 9.66. The van der Waals surface area contributed by atoms with Crippen molar-refractivity contribution in [2.24, 2.45) is 0 Å². The number of carbonyl (C=O) groups excluding carboxylic acids is 2. The lowest BCUT2D eigenvalue weighted by atomic mass is 9.99. The number of aryl methyl sites for hydroxylation is 2. The van der Waals surface area contributed by atoms with Crippen LogP contribution in [0.3, 0.4) is 0 Å². The highest BCUT2D eigenvalue weighted by Gasteiger charge is 2.23. The summed E-state index contributed by atoms with van der Waals surface area (Å²) in [4.78, 5) is 30.9. The van der Waals surface area contributed by atoms with E-state index in [1.165, 1.54) is 0 Å². The van der Waals surface area contributed by atoms with E-state index in [1.807, 2.05) is 80.6 Å². The molecule has 36 heavy (non-hydrogen) atoms.